The highest BCUT2D eigenvalue weighted by Crippen LogP contribution is 2.63. The van der Waals surface area contributed by atoms with Crippen LogP contribution in [-0.4, -0.2) is 278 Å². The van der Waals surface area contributed by atoms with Crippen LogP contribution in [0, 0.1) is 5.92 Å². The lowest BCUT2D eigenvalue weighted by molar-refractivity contribution is -0.0842. The summed E-state index contributed by atoms with van der Waals surface area (Å²) in [6, 6.07) is 9.78. The number of aliphatic hydroxyl groups excluding tert-OH is 1. The average molecular weight is 1870 g/mol. The molecule has 121 heavy (non-hydrogen) atoms. The van der Waals surface area contributed by atoms with E-state index in [1.165, 1.54) is 0 Å². The number of hydrogen-bond acceptors (Lipinski definition) is 25. The minimum absolute atomic E-state index is 0.155. The molecule has 3 aromatic rings. The van der Waals surface area contributed by atoms with Gasteiger partial charge in [0, 0.05) is 61.7 Å². The predicted molar refractivity (Wildman–Crippen MR) is 430 cm³/mol. The van der Waals surface area contributed by atoms with Crippen molar-refractivity contribution in [3.8, 4) is 0 Å². The maximum Gasteiger partial charge on any atom is 0.348 e. The molecule has 1 aromatic carbocycles. The van der Waals surface area contributed by atoms with Crippen molar-refractivity contribution < 1.29 is 164 Å². The van der Waals surface area contributed by atoms with Gasteiger partial charge in [0.1, 0.15) is 91.1 Å². The van der Waals surface area contributed by atoms with Gasteiger partial charge < -0.3 is 101 Å². The normalized spacial score (nSPS) is 32.8. The maximum absolute atomic E-state index is 15.0. The zero-order valence-corrected chi connectivity index (χ0v) is 74.2. The Hall–Kier alpha value is -4.62. The van der Waals surface area contributed by atoms with Crippen LogP contribution >= 0.6 is 37.3 Å². The summed E-state index contributed by atoms with van der Waals surface area (Å²) in [4.78, 5) is 114. The Morgan fingerprint density at radius 2 is 0.950 bits per heavy atom. The number of aromatic amines is 2. The molecule has 1 saturated carbocycles. The molecule has 1 aliphatic carbocycles. The van der Waals surface area contributed by atoms with Crippen LogP contribution < -0.4 is 22.5 Å². The quantitative estimate of drug-likeness (QED) is 0.0225. The molecular weight excluding hydrogens is 1750 g/mol. The van der Waals surface area contributed by atoms with E-state index in [0.717, 1.165) is 64.9 Å². The first kappa shape index (κ1) is 100. The minimum Gasteiger partial charge on any atom is -0.386 e. The molecule has 0 amide bonds. The monoisotopic (exact) mass is 1860 g/mol. The van der Waals surface area contributed by atoms with Crippen LogP contribution in [-0.2, 0) is 94.2 Å². The summed E-state index contributed by atoms with van der Waals surface area (Å²) in [5, 5.41) is 8.66. The van der Waals surface area contributed by atoms with Gasteiger partial charge >= 0.3 is 26.6 Å². The van der Waals surface area contributed by atoms with Crippen molar-refractivity contribution in [2.75, 3.05) is 64.5 Å². The van der Waals surface area contributed by atoms with E-state index in [1.54, 1.807) is 107 Å². The van der Waals surface area contributed by atoms with Crippen molar-refractivity contribution in [1.82, 2.24) is 19.1 Å². The summed E-state index contributed by atoms with van der Waals surface area (Å²) in [6.07, 6.45) is -22.9. The third-order valence-electron chi connectivity index (χ3n) is 17.2. The number of hydrogen-bond donors (Lipinski definition) is 10. The lowest BCUT2D eigenvalue weighted by Gasteiger charge is -2.23. The SMILES string of the molecule is CC(C)O[C@H]1[C@@H](F)[C@H](n2ccc(=O)[nH]c2=O)O[C@@H]1COCS(C)(=O)=O.CC(C)O[C@H]1[C@@H](F)[C@H](n2ccc(=O)[nH]c2=O)O[C@@]12CC2CP(=O)(O)O.[2H]/C(=C\P(=O)(O)CO)[C@H]1OC[C@H](F)[C@@H]1OC(C)C.[2H]/C(=C\P(=O)(O)O)[C@H]1OC[C@H](F)[C@@H]1OC(C)C.[2H]/C(=C\P(C)(=O)O)[C@H]1OC[C@H](F)[C@@H]1OC(C)C.[2H]/C(=C\P(C)(=O)O)[C@H]1O[C@@H](c2ccccc2)[C@H](F)[C@@H]1OC(C)C. The Bertz CT molecular complexity index is 4670. The molecule has 48 heteroatoms. The highest BCUT2D eigenvalue weighted by molar-refractivity contribution is 7.90. The fourth-order valence-corrected chi connectivity index (χ4v) is 15.5. The van der Waals surface area contributed by atoms with Crippen molar-refractivity contribution in [3.63, 3.8) is 0 Å². The second-order valence-corrected chi connectivity index (χ2v) is 42.2. The van der Waals surface area contributed by atoms with Crippen LogP contribution in [0.2, 0.25) is 0 Å². The van der Waals surface area contributed by atoms with Gasteiger partial charge in [-0.3, -0.25) is 51.5 Å². The van der Waals surface area contributed by atoms with Crippen LogP contribution in [0.3, 0.4) is 0 Å². The van der Waals surface area contributed by atoms with Crippen LogP contribution in [0.1, 0.15) is 119 Å². The first-order valence-electron chi connectivity index (χ1n) is 39.9. The molecule has 0 radical (unpaired) electrons. The molecule has 0 bridgehead atoms. The molecule has 7 aliphatic rings. The number of alkyl halides is 6. The molecule has 8 heterocycles. The average Bonchev–Trinajstić information content (AvgIpc) is 1.53. The summed E-state index contributed by atoms with van der Waals surface area (Å²) >= 11 is 0. The van der Waals surface area contributed by atoms with E-state index in [-0.39, 0.29) is 87.6 Å². The van der Waals surface area contributed by atoms with Gasteiger partial charge in [-0.05, 0) is 131 Å². The Labute approximate surface area is 701 Å². The fraction of sp³-hybridized carbons (Fsp3) is 0.699. The molecule has 10 rings (SSSR count). The van der Waals surface area contributed by atoms with Gasteiger partial charge in [0.05, 0.1) is 74.7 Å². The number of sulfone groups is 1. The van der Waals surface area contributed by atoms with E-state index in [4.69, 9.17) is 86.8 Å². The molecule has 6 saturated heterocycles. The number of nitrogens with one attached hydrogen (secondary N) is 2. The van der Waals surface area contributed by atoms with Gasteiger partial charge in [-0.25, -0.2) is 44.3 Å². The van der Waals surface area contributed by atoms with Crippen LogP contribution in [0.4, 0.5) is 26.3 Å². The number of nitrogens with zero attached hydrogens (tertiary/aromatic N) is 2. The molecule has 7 fully saturated rings. The number of aliphatic hydroxyl groups is 1. The predicted octanol–water partition coefficient (Wildman–Crippen LogP) is 7.78. The van der Waals surface area contributed by atoms with Gasteiger partial charge in [-0.2, -0.15) is 0 Å². The fourth-order valence-electron chi connectivity index (χ4n) is 12.4. The number of rotatable bonds is 30. The van der Waals surface area contributed by atoms with E-state index in [1.807, 2.05) is 16.0 Å². The van der Waals surface area contributed by atoms with Crippen molar-refractivity contribution >= 4 is 47.1 Å². The number of ether oxygens (including phenoxy) is 13. The highest BCUT2D eigenvalue weighted by Gasteiger charge is 2.71. The van der Waals surface area contributed by atoms with Crippen LogP contribution in [0.5, 0.6) is 0 Å². The van der Waals surface area contributed by atoms with E-state index in [0.29, 0.717) is 17.2 Å². The smallest absolute Gasteiger partial charge is 0.348 e. The number of benzene rings is 1. The van der Waals surface area contributed by atoms with Crippen LogP contribution in [0.15, 0.2) is 122 Å². The van der Waals surface area contributed by atoms with Crippen molar-refractivity contribution in [2.45, 2.75) is 254 Å². The third-order valence-corrected chi connectivity index (χ3v) is 21.4. The Morgan fingerprint density at radius 3 is 1.35 bits per heavy atom. The Balaban J connectivity index is 0.000000268. The first-order chi connectivity index (χ1) is 57.5. The van der Waals surface area contributed by atoms with Crippen molar-refractivity contribution in [2.24, 2.45) is 5.92 Å². The summed E-state index contributed by atoms with van der Waals surface area (Å²) in [7, 11) is -23.0. The van der Waals surface area contributed by atoms with Gasteiger partial charge in [0.2, 0.25) is 22.1 Å². The number of H-pyrrole nitrogens is 2. The van der Waals surface area contributed by atoms with E-state index >= 15 is 4.39 Å². The van der Waals surface area contributed by atoms with E-state index in [2.05, 4.69) is 0 Å². The first-order valence-corrected chi connectivity index (χ1v) is 49.7. The standard InChI is InChI=1S/C16H22FO4P.C14H20FN2O7P.C14H21FN2O7S.C10H18FO5P.C10H18FO4P.C9H16FO5P/c1-11(2)20-16-13(9-10-22(3,18)19)21-15(14(16)17)12-7-5-4-6-8-12;1-7(2)23-11-10(15)12(17-4-3-9(18)16-13(17)19)24-14(11)5-8(14)6-25(20,21)22;1-8(2)23-12-9(6-22-7-25(3,20)21)24-13(11(12)15)17-5-4-10(18)16-14(17)19;1-7(2)16-10-8(11)5-15-9(10)3-4-17(13,14)6-12;1-7(2)15-10-8(11)6-14-9(10)4-5-16(3,12)13;1-6(2)15-9-7(10)5-14-8(9)3-4-16(11,12)13/h4-11,13-16H,1-3H3,(H,18,19);3-4,7-8,10-12H,5-6H2,1-2H3,(H,16,18,19)(H2,20,21,22);4-5,8-9,11-13H,6-7H2,1-3H3,(H,16,18,19);3-4,7-10,12H,5-6H2,1-2H3,(H,13,14);4-5,7-10H,6H2,1-3H3,(H,12,13);3-4,6-9H,5H2,1-2H3,(H2,11,12,13)/b10-9+;;;4-3+;5-4+;4-3+/t13-,14+,15+,16-;8?,10-,11+,12-,14-;9-,11-,12-,13-;2*8-,9+,10-;7-,8+,9-/m111000/s1/i9D;;;3D;4D;3D. The second-order valence-electron chi connectivity index (χ2n) is 30.7. The molecule has 6 aliphatic heterocycles. The Kier molecular flexibility index (Phi) is 38.8. The number of aromatic nitrogens is 4. The summed E-state index contributed by atoms with van der Waals surface area (Å²) in [6.45, 7) is 22.1. The molecule has 1 spiro atoms. The topological polar surface area (TPSA) is 511 Å². The van der Waals surface area contributed by atoms with Gasteiger partial charge in [-0.15, -0.1) is 0 Å². The molecule has 2 aromatic heterocycles. The molecule has 692 valence electrons. The lowest BCUT2D eigenvalue weighted by Crippen LogP contribution is -2.38. The molecular formula is C73H115F6N4O32P5S. The minimum atomic E-state index is -4.46. The van der Waals surface area contributed by atoms with E-state index in [9.17, 15) is 91.9 Å². The number of halogens is 6. The molecule has 10 N–H and O–H groups in total. The largest absolute Gasteiger partial charge is 0.386 e. The van der Waals surface area contributed by atoms with E-state index < -0.39 is 228 Å². The lowest BCUT2D eigenvalue weighted by atomic mass is 10.0. The summed E-state index contributed by atoms with van der Waals surface area (Å²) in [5.41, 5.74) is -3.42. The zero-order chi connectivity index (χ0) is 94.9. The molecule has 25 atom stereocenters. The Morgan fingerprint density at radius 1 is 0.545 bits per heavy atom. The zero-order valence-electron chi connectivity index (χ0n) is 72.9. The van der Waals surface area contributed by atoms with Crippen LogP contribution in [0.25, 0.3) is 0 Å². The van der Waals surface area contributed by atoms with Gasteiger partial charge in [0.15, 0.2) is 59.3 Å². The highest BCUT2D eigenvalue weighted by atomic mass is 32.2. The molecule has 36 nitrogen and oxygen atoms in total. The molecule has 4 unspecified atom stereocenters. The summed E-state index contributed by atoms with van der Waals surface area (Å²) in [5.74, 6) is 1.90. The van der Waals surface area contributed by atoms with Crippen molar-refractivity contribution in [1.29, 1.82) is 0 Å². The third kappa shape index (κ3) is 35.9. The van der Waals surface area contributed by atoms with Gasteiger partial charge in [0.25, 0.3) is 11.1 Å². The van der Waals surface area contributed by atoms with Crippen molar-refractivity contribution in [3.05, 3.63) is 150 Å². The second kappa shape index (κ2) is 46.9. The maximum atomic E-state index is 15.0. The van der Waals surface area contributed by atoms with Gasteiger partial charge in [-0.1, -0.05) is 30.3 Å². The summed E-state index contributed by atoms with van der Waals surface area (Å²) < 4.78 is 266.